The second-order valence-electron chi connectivity index (χ2n) is 3.67. The third-order valence-electron chi connectivity index (χ3n) is 2.18. The van der Waals surface area contributed by atoms with Crippen molar-refractivity contribution in [2.45, 2.75) is 19.9 Å². The van der Waals surface area contributed by atoms with Gasteiger partial charge >= 0.3 is 0 Å². The highest BCUT2D eigenvalue weighted by molar-refractivity contribution is 5.98. The maximum Gasteiger partial charge on any atom is 0.249 e. The number of halogens is 1. The van der Waals surface area contributed by atoms with Gasteiger partial charge in [0.25, 0.3) is 0 Å². The quantitative estimate of drug-likeness (QED) is 0.747. The number of hydrogen-bond acceptors (Lipinski definition) is 3. The van der Waals surface area contributed by atoms with Crippen LogP contribution >= 0.6 is 12.4 Å². The summed E-state index contributed by atoms with van der Waals surface area (Å²) in [5, 5.41) is 2.59. The highest BCUT2D eigenvalue weighted by Gasteiger charge is 2.10. The van der Waals surface area contributed by atoms with E-state index in [4.69, 9.17) is 11.5 Å². The number of aryl methyl sites for hydroxylation is 1. The molecule has 0 heterocycles. The van der Waals surface area contributed by atoms with Gasteiger partial charge in [-0.3, -0.25) is 9.59 Å². The highest BCUT2D eigenvalue weighted by Crippen LogP contribution is 2.14. The Morgan fingerprint density at radius 3 is 2.41 bits per heavy atom. The van der Waals surface area contributed by atoms with E-state index in [1.54, 1.807) is 26.0 Å². The van der Waals surface area contributed by atoms with Crippen molar-refractivity contribution in [3.8, 4) is 0 Å². The number of hydrogen-bond donors (Lipinski definition) is 3. The van der Waals surface area contributed by atoms with Crippen molar-refractivity contribution in [3.63, 3.8) is 0 Å². The number of carbonyl (C=O) groups excluding carboxylic acids is 2. The third-order valence-corrected chi connectivity index (χ3v) is 2.18. The molecule has 2 amide bonds. The SMILES string of the molecule is Cc1ccc(NC(=O)[C@H](C)N)cc1C(N)=O.Cl. The van der Waals surface area contributed by atoms with E-state index in [0.29, 0.717) is 11.3 Å². The molecule has 0 bridgehead atoms. The van der Waals surface area contributed by atoms with E-state index in [1.165, 1.54) is 6.07 Å². The second-order valence-corrected chi connectivity index (χ2v) is 3.67. The van der Waals surface area contributed by atoms with Gasteiger partial charge in [0.05, 0.1) is 6.04 Å². The zero-order valence-electron chi connectivity index (χ0n) is 9.69. The zero-order valence-corrected chi connectivity index (χ0v) is 10.5. The number of rotatable bonds is 3. The Morgan fingerprint density at radius 2 is 1.94 bits per heavy atom. The molecular formula is C11H16ClN3O2. The first-order valence-electron chi connectivity index (χ1n) is 4.88. The Morgan fingerprint density at radius 1 is 1.35 bits per heavy atom. The average Bonchev–Trinajstić information content (AvgIpc) is 2.20. The van der Waals surface area contributed by atoms with E-state index in [1.807, 2.05) is 0 Å². The van der Waals surface area contributed by atoms with Crippen molar-refractivity contribution in [1.29, 1.82) is 0 Å². The molecule has 0 unspecified atom stereocenters. The van der Waals surface area contributed by atoms with Crippen LogP contribution in [0.1, 0.15) is 22.8 Å². The molecule has 94 valence electrons. The van der Waals surface area contributed by atoms with Crippen LogP contribution in [0.15, 0.2) is 18.2 Å². The molecule has 6 heteroatoms. The predicted molar refractivity (Wildman–Crippen MR) is 69.2 cm³/mol. The smallest absolute Gasteiger partial charge is 0.249 e. The molecule has 0 aliphatic heterocycles. The summed E-state index contributed by atoms with van der Waals surface area (Å²) in [6.45, 7) is 3.36. The molecule has 0 spiro atoms. The highest BCUT2D eigenvalue weighted by atomic mass is 35.5. The first-order chi connectivity index (χ1) is 7.41. The molecule has 1 aromatic carbocycles. The Balaban J connectivity index is 0.00000256. The topological polar surface area (TPSA) is 98.2 Å². The normalized spacial score (nSPS) is 11.2. The van der Waals surface area contributed by atoms with Gasteiger partial charge in [0.1, 0.15) is 0 Å². The van der Waals surface area contributed by atoms with Gasteiger partial charge < -0.3 is 16.8 Å². The molecule has 1 aromatic rings. The number of primary amides is 1. The number of nitrogens with one attached hydrogen (secondary N) is 1. The van der Waals surface area contributed by atoms with Crippen LogP contribution in [0.4, 0.5) is 5.69 Å². The van der Waals surface area contributed by atoms with E-state index in [9.17, 15) is 9.59 Å². The summed E-state index contributed by atoms with van der Waals surface area (Å²) < 4.78 is 0. The van der Waals surface area contributed by atoms with Gasteiger partial charge in [-0.15, -0.1) is 12.4 Å². The Bertz CT molecular complexity index is 433. The standard InChI is InChI=1S/C11H15N3O2.ClH/c1-6-3-4-8(5-9(6)10(13)15)14-11(16)7(2)12;/h3-5,7H,12H2,1-2H3,(H2,13,15)(H,14,16);1H/t7-;/m0./s1. The maximum atomic E-state index is 11.3. The van der Waals surface area contributed by atoms with Gasteiger partial charge in [-0.25, -0.2) is 0 Å². The van der Waals surface area contributed by atoms with E-state index in [2.05, 4.69) is 5.32 Å². The maximum absolute atomic E-state index is 11.3. The Labute approximate surface area is 106 Å². The van der Waals surface area contributed by atoms with Gasteiger partial charge in [0, 0.05) is 11.3 Å². The van der Waals surface area contributed by atoms with E-state index in [-0.39, 0.29) is 18.3 Å². The van der Waals surface area contributed by atoms with Gasteiger partial charge in [0.15, 0.2) is 0 Å². The molecular weight excluding hydrogens is 242 g/mol. The molecule has 1 atom stereocenters. The summed E-state index contributed by atoms with van der Waals surface area (Å²) in [5.41, 5.74) is 12.3. The van der Waals surface area contributed by atoms with Crippen molar-refractivity contribution in [1.82, 2.24) is 0 Å². The summed E-state index contributed by atoms with van der Waals surface area (Å²) in [6.07, 6.45) is 0. The van der Waals surface area contributed by atoms with Crippen molar-refractivity contribution in [2.75, 3.05) is 5.32 Å². The van der Waals surface area contributed by atoms with Gasteiger partial charge in [0.2, 0.25) is 11.8 Å². The third kappa shape index (κ3) is 4.05. The largest absolute Gasteiger partial charge is 0.366 e. The lowest BCUT2D eigenvalue weighted by Crippen LogP contribution is -2.32. The number of anilines is 1. The summed E-state index contributed by atoms with van der Waals surface area (Å²) in [7, 11) is 0. The molecule has 0 aliphatic carbocycles. The van der Waals surface area contributed by atoms with Crippen LogP contribution < -0.4 is 16.8 Å². The van der Waals surface area contributed by atoms with E-state index in [0.717, 1.165) is 5.56 Å². The van der Waals surface area contributed by atoms with Gasteiger partial charge in [-0.1, -0.05) is 6.07 Å². The number of amides is 2. The van der Waals surface area contributed by atoms with E-state index >= 15 is 0 Å². The van der Waals surface area contributed by atoms with Crippen molar-refractivity contribution in [2.24, 2.45) is 11.5 Å². The van der Waals surface area contributed by atoms with E-state index < -0.39 is 11.9 Å². The molecule has 0 radical (unpaired) electrons. The van der Waals surface area contributed by atoms with Crippen LogP contribution in [-0.2, 0) is 4.79 Å². The van der Waals surface area contributed by atoms with Gasteiger partial charge in [-0.2, -0.15) is 0 Å². The van der Waals surface area contributed by atoms with Crippen LogP contribution in [0.25, 0.3) is 0 Å². The lowest BCUT2D eigenvalue weighted by Gasteiger charge is -2.09. The Kier molecular flexibility index (Phi) is 5.64. The molecule has 0 aromatic heterocycles. The molecule has 0 fully saturated rings. The van der Waals surface area contributed by atoms with Crippen molar-refractivity contribution < 1.29 is 9.59 Å². The summed E-state index contributed by atoms with van der Waals surface area (Å²) >= 11 is 0. The molecule has 1 rings (SSSR count). The van der Waals surface area contributed by atoms with Crippen LogP contribution in [0.3, 0.4) is 0 Å². The lowest BCUT2D eigenvalue weighted by atomic mass is 10.1. The van der Waals surface area contributed by atoms with Crippen molar-refractivity contribution >= 4 is 29.9 Å². The fourth-order valence-electron chi connectivity index (χ4n) is 1.22. The fraction of sp³-hybridized carbons (Fsp3) is 0.273. The predicted octanol–water partition coefficient (Wildman–Crippen LogP) is 0.801. The van der Waals surface area contributed by atoms with Crippen LogP contribution in [0.5, 0.6) is 0 Å². The number of benzene rings is 1. The van der Waals surface area contributed by atoms with Crippen molar-refractivity contribution in [3.05, 3.63) is 29.3 Å². The molecule has 0 saturated carbocycles. The molecule has 17 heavy (non-hydrogen) atoms. The number of nitrogens with two attached hydrogens (primary N) is 2. The number of carbonyl (C=O) groups is 2. The van der Waals surface area contributed by atoms with Crippen LogP contribution in [-0.4, -0.2) is 17.9 Å². The minimum absolute atomic E-state index is 0. The average molecular weight is 258 g/mol. The second kappa shape index (κ2) is 6.22. The first kappa shape index (κ1) is 15.4. The molecule has 0 aliphatic rings. The van der Waals surface area contributed by atoms with Gasteiger partial charge in [-0.05, 0) is 31.5 Å². The van der Waals surface area contributed by atoms with Crippen LogP contribution in [0.2, 0.25) is 0 Å². The zero-order chi connectivity index (χ0) is 12.3. The lowest BCUT2D eigenvalue weighted by molar-refractivity contribution is -0.117. The minimum atomic E-state index is -0.599. The first-order valence-corrected chi connectivity index (χ1v) is 4.88. The molecule has 0 saturated heterocycles. The summed E-state index contributed by atoms with van der Waals surface area (Å²) in [5.74, 6) is -0.825. The fourth-order valence-corrected chi connectivity index (χ4v) is 1.22. The minimum Gasteiger partial charge on any atom is -0.366 e. The Hall–Kier alpha value is -1.59. The summed E-state index contributed by atoms with van der Waals surface area (Å²) in [6, 6.07) is 4.36. The molecule has 5 N–H and O–H groups in total. The monoisotopic (exact) mass is 257 g/mol. The van der Waals surface area contributed by atoms with Crippen LogP contribution in [0, 0.1) is 6.92 Å². The molecule has 5 nitrogen and oxygen atoms in total. The summed E-state index contributed by atoms with van der Waals surface area (Å²) in [4.78, 5) is 22.4.